The summed E-state index contributed by atoms with van der Waals surface area (Å²) in [5.74, 6) is -0.614. The Hall–Kier alpha value is -0.990. The number of carbonyl (C=O) groups excluding carboxylic acids is 2. The van der Waals surface area contributed by atoms with Gasteiger partial charge in [0.15, 0.2) is 0 Å². The maximum atomic E-state index is 11.6. The molecule has 3 N–H and O–H groups in total. The number of nitrogens with one attached hydrogen (secondary N) is 1. The van der Waals surface area contributed by atoms with Crippen molar-refractivity contribution in [2.45, 2.75) is 52.1 Å². The van der Waals surface area contributed by atoms with Crippen LogP contribution in [0.1, 0.15) is 46.0 Å². The lowest BCUT2D eigenvalue weighted by atomic mass is 10.2. The largest absolute Gasteiger partial charge is 0.472 e. The SMILES string of the molecule is CCCCC(=O)NCCOP(=O)(O)OCC(O)COC(=O)CCC. The fourth-order valence-electron chi connectivity index (χ4n) is 1.51. The third-order valence-corrected chi connectivity index (χ3v) is 3.74. The second-order valence-corrected chi connectivity index (χ2v) is 6.59. The van der Waals surface area contributed by atoms with Gasteiger partial charge in [-0.15, -0.1) is 0 Å². The van der Waals surface area contributed by atoms with E-state index in [0.717, 1.165) is 12.8 Å². The fourth-order valence-corrected chi connectivity index (χ4v) is 2.27. The number of esters is 1. The van der Waals surface area contributed by atoms with Crippen molar-refractivity contribution in [3.05, 3.63) is 0 Å². The Kier molecular flexibility index (Phi) is 12.8. The van der Waals surface area contributed by atoms with E-state index in [0.29, 0.717) is 12.8 Å². The number of amides is 1. The second-order valence-electron chi connectivity index (χ2n) is 5.14. The summed E-state index contributed by atoms with van der Waals surface area (Å²) >= 11 is 0. The highest BCUT2D eigenvalue weighted by molar-refractivity contribution is 7.47. The molecule has 142 valence electrons. The van der Waals surface area contributed by atoms with Gasteiger partial charge in [-0.1, -0.05) is 20.3 Å². The number of hydrogen-bond donors (Lipinski definition) is 3. The number of aliphatic hydroxyl groups excluding tert-OH is 1. The summed E-state index contributed by atoms with van der Waals surface area (Å²) in [5.41, 5.74) is 0. The third-order valence-electron chi connectivity index (χ3n) is 2.76. The van der Waals surface area contributed by atoms with Crippen LogP contribution >= 0.6 is 7.82 Å². The molecule has 0 aromatic carbocycles. The van der Waals surface area contributed by atoms with Crippen molar-refractivity contribution in [2.24, 2.45) is 0 Å². The van der Waals surface area contributed by atoms with E-state index in [1.54, 1.807) is 0 Å². The molecule has 0 bridgehead atoms. The van der Waals surface area contributed by atoms with Gasteiger partial charge in [-0.25, -0.2) is 4.57 Å². The molecule has 0 aromatic rings. The molecule has 9 nitrogen and oxygen atoms in total. The quantitative estimate of drug-likeness (QED) is 0.236. The highest BCUT2D eigenvalue weighted by Gasteiger charge is 2.23. The van der Waals surface area contributed by atoms with E-state index in [1.165, 1.54) is 0 Å². The molecule has 2 atom stereocenters. The molecule has 10 heteroatoms. The molecule has 0 spiro atoms. The molecule has 0 rings (SSSR count). The van der Waals surface area contributed by atoms with Gasteiger partial charge in [0.2, 0.25) is 5.91 Å². The van der Waals surface area contributed by atoms with E-state index in [9.17, 15) is 24.2 Å². The van der Waals surface area contributed by atoms with Gasteiger partial charge in [-0.05, 0) is 12.8 Å². The number of rotatable bonds is 14. The number of ether oxygens (including phenoxy) is 1. The lowest BCUT2D eigenvalue weighted by Gasteiger charge is -2.15. The molecule has 0 aliphatic heterocycles. The van der Waals surface area contributed by atoms with Crippen molar-refractivity contribution in [3.63, 3.8) is 0 Å². The minimum atomic E-state index is -4.34. The van der Waals surface area contributed by atoms with Crippen LogP contribution in [-0.4, -0.2) is 54.3 Å². The van der Waals surface area contributed by atoms with Gasteiger partial charge < -0.3 is 20.1 Å². The summed E-state index contributed by atoms with van der Waals surface area (Å²) in [7, 11) is -4.34. The predicted octanol–water partition coefficient (Wildman–Crippen LogP) is 1.13. The van der Waals surface area contributed by atoms with Gasteiger partial charge in [-0.3, -0.25) is 18.6 Å². The molecule has 0 fully saturated rings. The van der Waals surface area contributed by atoms with Crippen LogP contribution in [0.5, 0.6) is 0 Å². The van der Waals surface area contributed by atoms with E-state index < -0.39 is 26.5 Å². The second kappa shape index (κ2) is 13.3. The van der Waals surface area contributed by atoms with Gasteiger partial charge in [-0.2, -0.15) is 0 Å². The Bertz CT molecular complexity index is 418. The van der Waals surface area contributed by atoms with Crippen LogP contribution in [0.2, 0.25) is 0 Å². The van der Waals surface area contributed by atoms with Crippen LogP contribution in [0.25, 0.3) is 0 Å². The highest BCUT2D eigenvalue weighted by Crippen LogP contribution is 2.42. The maximum absolute atomic E-state index is 11.6. The van der Waals surface area contributed by atoms with Gasteiger partial charge in [0.05, 0.1) is 13.2 Å². The molecule has 0 aliphatic carbocycles. The average molecular weight is 369 g/mol. The van der Waals surface area contributed by atoms with Gasteiger partial charge in [0, 0.05) is 19.4 Å². The molecular formula is C14H28NO8P. The normalized spacial score (nSPS) is 14.7. The number of unbranched alkanes of at least 4 members (excludes halogenated alkanes) is 1. The Labute approximate surface area is 142 Å². The van der Waals surface area contributed by atoms with Crippen molar-refractivity contribution in [1.29, 1.82) is 0 Å². The Morgan fingerprint density at radius 2 is 1.83 bits per heavy atom. The van der Waals surface area contributed by atoms with Crippen LogP contribution in [0.15, 0.2) is 0 Å². The lowest BCUT2D eigenvalue weighted by Crippen LogP contribution is -2.27. The number of hydrogen-bond acceptors (Lipinski definition) is 7. The van der Waals surface area contributed by atoms with E-state index in [1.807, 2.05) is 13.8 Å². The average Bonchev–Trinajstić information content (AvgIpc) is 2.53. The van der Waals surface area contributed by atoms with Crippen LogP contribution in [0.3, 0.4) is 0 Å². The lowest BCUT2D eigenvalue weighted by molar-refractivity contribution is -0.147. The van der Waals surface area contributed by atoms with E-state index in [2.05, 4.69) is 14.4 Å². The van der Waals surface area contributed by atoms with Crippen LogP contribution in [-0.2, 0) is 27.9 Å². The van der Waals surface area contributed by atoms with Crippen molar-refractivity contribution in [2.75, 3.05) is 26.4 Å². The summed E-state index contributed by atoms with van der Waals surface area (Å²) in [5, 5.41) is 12.1. The summed E-state index contributed by atoms with van der Waals surface area (Å²) < 4.78 is 25.5. The monoisotopic (exact) mass is 369 g/mol. The number of carbonyl (C=O) groups is 2. The standard InChI is InChI=1S/C14H28NO8P/c1-3-5-7-13(17)15-8-9-22-24(19,20)23-11-12(16)10-21-14(18)6-4-2/h12,16H,3-11H2,1-2H3,(H,15,17)(H,19,20). The van der Waals surface area contributed by atoms with Crippen molar-refractivity contribution in [1.82, 2.24) is 5.32 Å². The Morgan fingerprint density at radius 3 is 2.46 bits per heavy atom. The Balaban J connectivity index is 3.82. The predicted molar refractivity (Wildman–Crippen MR) is 86.1 cm³/mol. The van der Waals surface area contributed by atoms with Crippen LogP contribution in [0.4, 0.5) is 0 Å². The smallest absolute Gasteiger partial charge is 0.463 e. The molecule has 1 amide bonds. The summed E-state index contributed by atoms with van der Waals surface area (Å²) in [6.45, 7) is 2.81. The van der Waals surface area contributed by atoms with E-state index in [4.69, 9.17) is 4.74 Å². The highest BCUT2D eigenvalue weighted by atomic mass is 31.2. The van der Waals surface area contributed by atoms with Gasteiger partial charge in [0.1, 0.15) is 12.7 Å². The zero-order valence-electron chi connectivity index (χ0n) is 14.2. The van der Waals surface area contributed by atoms with Crippen molar-refractivity contribution in [3.8, 4) is 0 Å². The van der Waals surface area contributed by atoms with Crippen molar-refractivity contribution >= 4 is 19.7 Å². The summed E-state index contributed by atoms with van der Waals surface area (Å²) in [6, 6.07) is 0. The summed E-state index contributed by atoms with van der Waals surface area (Å²) in [6.07, 6.45) is 1.70. The zero-order chi connectivity index (χ0) is 18.4. The summed E-state index contributed by atoms with van der Waals surface area (Å²) in [4.78, 5) is 31.8. The number of phosphoric ester groups is 1. The minimum Gasteiger partial charge on any atom is -0.463 e. The molecule has 0 radical (unpaired) electrons. The molecule has 24 heavy (non-hydrogen) atoms. The first kappa shape index (κ1) is 23.0. The van der Waals surface area contributed by atoms with E-state index >= 15 is 0 Å². The maximum Gasteiger partial charge on any atom is 0.472 e. The third kappa shape index (κ3) is 13.4. The number of aliphatic hydroxyl groups is 1. The van der Waals surface area contributed by atoms with Crippen LogP contribution in [0, 0.1) is 0 Å². The molecule has 0 aliphatic rings. The molecule has 0 saturated heterocycles. The minimum absolute atomic E-state index is 0.0770. The fraction of sp³-hybridized carbons (Fsp3) is 0.857. The molecule has 2 unspecified atom stereocenters. The molecule has 0 aromatic heterocycles. The van der Waals surface area contributed by atoms with Gasteiger partial charge in [0.25, 0.3) is 0 Å². The van der Waals surface area contributed by atoms with E-state index in [-0.39, 0.29) is 32.1 Å². The molecular weight excluding hydrogens is 341 g/mol. The topological polar surface area (TPSA) is 131 Å². The number of phosphoric acid groups is 1. The first-order valence-corrected chi connectivity index (χ1v) is 9.52. The molecule has 0 saturated carbocycles. The van der Waals surface area contributed by atoms with Crippen LogP contribution < -0.4 is 5.32 Å². The molecule has 0 heterocycles. The first-order valence-electron chi connectivity index (χ1n) is 8.03. The Morgan fingerprint density at radius 1 is 1.12 bits per heavy atom. The first-order chi connectivity index (χ1) is 11.3. The zero-order valence-corrected chi connectivity index (χ0v) is 15.1. The van der Waals surface area contributed by atoms with Gasteiger partial charge >= 0.3 is 13.8 Å². The van der Waals surface area contributed by atoms with Crippen molar-refractivity contribution < 1.29 is 37.9 Å².